The van der Waals surface area contributed by atoms with Gasteiger partial charge in [0.25, 0.3) is 0 Å². The largest absolute Gasteiger partial charge is 0.390 e. The fraction of sp³-hybridized carbons (Fsp3) is 1.00. The molecule has 2 aliphatic rings. The number of aliphatic hydroxyl groups is 1. The summed E-state index contributed by atoms with van der Waals surface area (Å²) >= 11 is 0. The molecule has 0 aromatic heterocycles. The second-order valence-electron chi connectivity index (χ2n) is 1.95. The first-order chi connectivity index (χ1) is 2.89. The van der Waals surface area contributed by atoms with E-state index in [9.17, 15) is 0 Å². The number of aliphatic hydroxyl groups excluding tert-OH is 1. The Kier molecular flexibility index (Phi) is 0.316. The summed E-state index contributed by atoms with van der Waals surface area (Å²) in [4.78, 5) is 0. The lowest BCUT2D eigenvalue weighted by molar-refractivity contribution is 0.0200. The van der Waals surface area contributed by atoms with Crippen LogP contribution in [-0.2, 0) is 4.74 Å². The highest BCUT2D eigenvalue weighted by atomic mass is 16.5. The first-order valence-electron chi connectivity index (χ1n) is 2.19. The monoisotopic (exact) mass is 86.0 g/mol. The molecule has 2 heteroatoms. The standard InChI is InChI=1S/C4H6O2/c5-3-2-1-6-4(2)3/h2-5H,1H2. The van der Waals surface area contributed by atoms with E-state index in [0.29, 0.717) is 5.92 Å². The van der Waals surface area contributed by atoms with Gasteiger partial charge in [-0.1, -0.05) is 0 Å². The highest BCUT2D eigenvalue weighted by molar-refractivity contribution is 5.05. The summed E-state index contributed by atoms with van der Waals surface area (Å²) in [6, 6.07) is 0. The molecule has 2 rings (SSSR count). The van der Waals surface area contributed by atoms with Gasteiger partial charge in [-0.3, -0.25) is 0 Å². The third-order valence-corrected chi connectivity index (χ3v) is 1.54. The zero-order valence-electron chi connectivity index (χ0n) is 3.29. The molecule has 0 aromatic carbocycles. The molecule has 34 valence electrons. The molecule has 1 aliphatic heterocycles. The molecule has 0 spiro atoms. The topological polar surface area (TPSA) is 29.5 Å². The van der Waals surface area contributed by atoms with Gasteiger partial charge in [0.05, 0.1) is 18.8 Å². The molecule has 3 atom stereocenters. The molecule has 0 aromatic rings. The smallest absolute Gasteiger partial charge is 0.0914 e. The molecular weight excluding hydrogens is 80.0 g/mol. The summed E-state index contributed by atoms with van der Waals surface area (Å²) in [7, 11) is 0. The molecule has 6 heavy (non-hydrogen) atoms. The van der Waals surface area contributed by atoms with Crippen LogP contribution in [0.5, 0.6) is 0 Å². The van der Waals surface area contributed by atoms with E-state index in [1.165, 1.54) is 0 Å². The Morgan fingerprint density at radius 3 is 2.33 bits per heavy atom. The van der Waals surface area contributed by atoms with E-state index in [2.05, 4.69) is 0 Å². The van der Waals surface area contributed by atoms with Crippen LogP contribution < -0.4 is 0 Å². The third kappa shape index (κ3) is 0.150. The van der Waals surface area contributed by atoms with Crippen molar-refractivity contribution in [2.45, 2.75) is 12.2 Å². The van der Waals surface area contributed by atoms with Crippen molar-refractivity contribution >= 4 is 0 Å². The predicted molar refractivity (Wildman–Crippen MR) is 19.2 cm³/mol. The minimum atomic E-state index is -0.0926. The molecule has 1 aliphatic carbocycles. The number of rotatable bonds is 0. The van der Waals surface area contributed by atoms with Gasteiger partial charge in [-0.05, 0) is 0 Å². The van der Waals surface area contributed by atoms with Gasteiger partial charge >= 0.3 is 0 Å². The second kappa shape index (κ2) is 0.634. The van der Waals surface area contributed by atoms with Crippen LogP contribution >= 0.6 is 0 Å². The molecule has 1 saturated carbocycles. The van der Waals surface area contributed by atoms with E-state index in [-0.39, 0.29) is 12.2 Å². The molecule has 2 fully saturated rings. The summed E-state index contributed by atoms with van der Waals surface area (Å²) in [5.74, 6) is 0.532. The van der Waals surface area contributed by atoms with Gasteiger partial charge in [0.1, 0.15) is 0 Å². The highest BCUT2D eigenvalue weighted by Crippen LogP contribution is 2.43. The van der Waals surface area contributed by atoms with E-state index in [1.807, 2.05) is 0 Å². The van der Waals surface area contributed by atoms with Crippen LogP contribution in [0.15, 0.2) is 0 Å². The van der Waals surface area contributed by atoms with Crippen LogP contribution in [0.1, 0.15) is 0 Å². The average Bonchev–Trinajstić information content (AvgIpc) is 1.63. The van der Waals surface area contributed by atoms with Gasteiger partial charge in [0.15, 0.2) is 0 Å². The third-order valence-electron chi connectivity index (χ3n) is 1.54. The van der Waals surface area contributed by atoms with Crippen LogP contribution in [0.25, 0.3) is 0 Å². The van der Waals surface area contributed by atoms with Crippen molar-refractivity contribution in [3.05, 3.63) is 0 Å². The zero-order valence-corrected chi connectivity index (χ0v) is 3.29. The fourth-order valence-electron chi connectivity index (χ4n) is 0.841. The number of hydrogen-bond donors (Lipinski definition) is 1. The lowest BCUT2D eigenvalue weighted by Crippen LogP contribution is -2.12. The van der Waals surface area contributed by atoms with Gasteiger partial charge in [-0.25, -0.2) is 0 Å². The lowest BCUT2D eigenvalue weighted by atomic mass is 10.4. The van der Waals surface area contributed by atoms with Crippen molar-refractivity contribution in [2.75, 3.05) is 6.61 Å². The second-order valence-corrected chi connectivity index (χ2v) is 1.95. The SMILES string of the molecule is OC1C2COC12. The van der Waals surface area contributed by atoms with Gasteiger partial charge in [0, 0.05) is 5.92 Å². The average molecular weight is 86.1 g/mol. The first-order valence-corrected chi connectivity index (χ1v) is 2.19. The van der Waals surface area contributed by atoms with Crippen LogP contribution in [0.3, 0.4) is 0 Å². The Bertz CT molecular complexity index is 64.9. The molecule has 1 saturated heterocycles. The van der Waals surface area contributed by atoms with Crippen molar-refractivity contribution in [2.24, 2.45) is 5.92 Å². The number of ether oxygens (including phenoxy) is 1. The van der Waals surface area contributed by atoms with E-state index >= 15 is 0 Å². The van der Waals surface area contributed by atoms with E-state index in [1.54, 1.807) is 0 Å². The van der Waals surface area contributed by atoms with Crippen molar-refractivity contribution in [3.8, 4) is 0 Å². The summed E-state index contributed by atoms with van der Waals surface area (Å²) < 4.78 is 4.87. The van der Waals surface area contributed by atoms with Crippen LogP contribution in [0, 0.1) is 5.92 Å². The van der Waals surface area contributed by atoms with Crippen LogP contribution in [-0.4, -0.2) is 23.9 Å². The van der Waals surface area contributed by atoms with Crippen molar-refractivity contribution in [1.82, 2.24) is 0 Å². The molecule has 0 bridgehead atoms. The van der Waals surface area contributed by atoms with Crippen LogP contribution in [0.4, 0.5) is 0 Å². The number of fused-ring (bicyclic) bond motifs is 1. The molecule has 3 unspecified atom stereocenters. The molecular formula is C4H6O2. The van der Waals surface area contributed by atoms with Crippen molar-refractivity contribution < 1.29 is 9.84 Å². The summed E-state index contributed by atoms with van der Waals surface area (Å²) in [6.45, 7) is 0.797. The summed E-state index contributed by atoms with van der Waals surface area (Å²) in [5.41, 5.74) is 0. The quantitative estimate of drug-likeness (QED) is 0.425. The minimum Gasteiger partial charge on any atom is -0.390 e. The minimum absolute atomic E-state index is 0.0926. The predicted octanol–water partition coefficient (Wildman–Crippen LogP) is -0.624. The molecule has 0 radical (unpaired) electrons. The number of hydrogen-bond acceptors (Lipinski definition) is 2. The Balaban J connectivity index is 2.11. The first kappa shape index (κ1) is 2.99. The van der Waals surface area contributed by atoms with Gasteiger partial charge in [-0.2, -0.15) is 0 Å². The fourth-order valence-corrected chi connectivity index (χ4v) is 0.841. The van der Waals surface area contributed by atoms with E-state index in [4.69, 9.17) is 9.84 Å². The molecule has 2 nitrogen and oxygen atoms in total. The summed E-state index contributed by atoms with van der Waals surface area (Å²) in [5, 5.41) is 8.64. The van der Waals surface area contributed by atoms with Crippen LogP contribution in [0.2, 0.25) is 0 Å². The Morgan fingerprint density at radius 1 is 1.67 bits per heavy atom. The maximum atomic E-state index is 8.64. The highest BCUT2D eigenvalue weighted by Gasteiger charge is 2.58. The Morgan fingerprint density at radius 2 is 2.33 bits per heavy atom. The lowest BCUT2D eigenvalue weighted by Gasteiger charge is -2.06. The zero-order chi connectivity index (χ0) is 4.15. The van der Waals surface area contributed by atoms with Gasteiger partial charge in [0.2, 0.25) is 0 Å². The summed E-state index contributed by atoms with van der Waals surface area (Å²) in [6.07, 6.45) is 0.162. The van der Waals surface area contributed by atoms with E-state index in [0.717, 1.165) is 6.61 Å². The van der Waals surface area contributed by atoms with Crippen molar-refractivity contribution in [1.29, 1.82) is 0 Å². The normalized spacial score (nSPS) is 62.5. The maximum absolute atomic E-state index is 8.64. The van der Waals surface area contributed by atoms with Gasteiger partial charge in [-0.15, -0.1) is 0 Å². The maximum Gasteiger partial charge on any atom is 0.0914 e. The molecule has 0 amide bonds. The molecule has 1 heterocycles. The van der Waals surface area contributed by atoms with Gasteiger partial charge < -0.3 is 9.84 Å². The van der Waals surface area contributed by atoms with Crippen molar-refractivity contribution in [3.63, 3.8) is 0 Å². The Labute approximate surface area is 35.7 Å². The molecule has 1 N–H and O–H groups in total. The van der Waals surface area contributed by atoms with E-state index < -0.39 is 0 Å². The Hall–Kier alpha value is -0.0800.